The Morgan fingerprint density at radius 2 is 1.00 bits per heavy atom. The molecule has 1 nitrogen and oxygen atoms in total. The molecular formula is C15H31BrF3N. The van der Waals surface area contributed by atoms with Gasteiger partial charge >= 0.3 is 6.18 Å². The van der Waals surface area contributed by atoms with E-state index in [0.717, 1.165) is 23.7 Å². The van der Waals surface area contributed by atoms with Gasteiger partial charge in [-0.2, -0.15) is 13.2 Å². The van der Waals surface area contributed by atoms with Gasteiger partial charge in [-0.3, -0.25) is 0 Å². The van der Waals surface area contributed by atoms with Crippen molar-refractivity contribution in [2.24, 2.45) is 0 Å². The maximum absolute atomic E-state index is 11.9. The van der Waals surface area contributed by atoms with E-state index < -0.39 is 12.6 Å². The summed E-state index contributed by atoms with van der Waals surface area (Å²) < 4.78 is 36.7. The lowest BCUT2D eigenvalue weighted by atomic mass is 10.1. The summed E-state index contributed by atoms with van der Waals surface area (Å²) in [5.41, 5.74) is 0. The van der Waals surface area contributed by atoms with Gasteiger partial charge in [-0.1, -0.05) is 38.5 Å². The van der Waals surface area contributed by atoms with E-state index in [1.165, 1.54) is 38.6 Å². The molecule has 0 aromatic rings. The molecule has 0 aromatic heterocycles. The van der Waals surface area contributed by atoms with E-state index in [1.807, 2.05) is 0 Å². The molecule has 20 heavy (non-hydrogen) atoms. The van der Waals surface area contributed by atoms with Crippen molar-refractivity contribution >= 4 is 0 Å². The first-order valence-corrected chi connectivity index (χ1v) is 7.58. The quantitative estimate of drug-likeness (QED) is 0.390. The second-order valence-corrected chi connectivity index (χ2v) is 6.56. The standard InChI is InChI=1S/C15H31F3N.BrH/c1-19(2,3)14-12-10-8-6-4-5-7-9-11-13-15(16,17)18;/h4-14H2,1-3H3;1H/q+1;/p-1. The monoisotopic (exact) mass is 361 g/mol. The van der Waals surface area contributed by atoms with Crippen LogP contribution in [0.15, 0.2) is 0 Å². The summed E-state index contributed by atoms with van der Waals surface area (Å²) in [6.45, 7) is 1.22. The highest BCUT2D eigenvalue weighted by molar-refractivity contribution is 4.52. The number of unbranched alkanes of at least 4 members (excludes halogenated alkanes) is 8. The second-order valence-electron chi connectivity index (χ2n) is 6.56. The third-order valence-electron chi connectivity index (χ3n) is 3.29. The maximum Gasteiger partial charge on any atom is 0.389 e. The van der Waals surface area contributed by atoms with Crippen LogP contribution in [0.4, 0.5) is 13.2 Å². The molecule has 0 N–H and O–H groups in total. The average Bonchev–Trinajstić information content (AvgIpc) is 2.22. The molecule has 0 saturated carbocycles. The molecule has 0 unspecified atom stereocenters. The van der Waals surface area contributed by atoms with Gasteiger partial charge < -0.3 is 21.5 Å². The third kappa shape index (κ3) is 20.5. The molecule has 0 aromatic carbocycles. The van der Waals surface area contributed by atoms with E-state index in [1.54, 1.807) is 0 Å². The van der Waals surface area contributed by atoms with Gasteiger partial charge in [0.25, 0.3) is 0 Å². The summed E-state index contributed by atoms with van der Waals surface area (Å²) >= 11 is 0. The van der Waals surface area contributed by atoms with Crippen LogP contribution in [0.1, 0.15) is 64.2 Å². The molecule has 0 atom stereocenters. The maximum atomic E-state index is 11.9. The zero-order valence-corrected chi connectivity index (χ0v) is 14.8. The van der Waals surface area contributed by atoms with Crippen LogP contribution in [0.5, 0.6) is 0 Å². The van der Waals surface area contributed by atoms with Gasteiger partial charge in [-0.05, 0) is 19.3 Å². The number of alkyl halides is 3. The number of hydrogen-bond donors (Lipinski definition) is 0. The molecule has 0 saturated heterocycles. The van der Waals surface area contributed by atoms with Gasteiger partial charge in [0, 0.05) is 6.42 Å². The molecule has 0 aliphatic rings. The Bertz CT molecular complexity index is 190. The van der Waals surface area contributed by atoms with Crippen LogP contribution in [-0.4, -0.2) is 38.3 Å². The summed E-state index contributed by atoms with van der Waals surface area (Å²) in [6.07, 6.45) is 4.72. The predicted octanol–water partition coefficient (Wildman–Crippen LogP) is 2.16. The number of hydrogen-bond acceptors (Lipinski definition) is 0. The fourth-order valence-corrected chi connectivity index (χ4v) is 2.15. The van der Waals surface area contributed by atoms with Gasteiger partial charge in [-0.25, -0.2) is 0 Å². The number of rotatable bonds is 11. The minimum absolute atomic E-state index is 0. The molecule has 0 radical (unpaired) electrons. The Morgan fingerprint density at radius 1 is 0.650 bits per heavy atom. The van der Waals surface area contributed by atoms with E-state index in [2.05, 4.69) is 21.1 Å². The van der Waals surface area contributed by atoms with Gasteiger partial charge in [0.05, 0.1) is 27.7 Å². The lowest BCUT2D eigenvalue weighted by molar-refractivity contribution is -0.870. The van der Waals surface area contributed by atoms with E-state index in [9.17, 15) is 13.2 Å². The Labute approximate surface area is 133 Å². The van der Waals surface area contributed by atoms with Crippen LogP contribution in [0.3, 0.4) is 0 Å². The zero-order chi connectivity index (χ0) is 14.8. The van der Waals surface area contributed by atoms with Gasteiger partial charge in [0.15, 0.2) is 0 Å². The first-order valence-electron chi connectivity index (χ1n) is 7.58. The van der Waals surface area contributed by atoms with Crippen LogP contribution in [0, 0.1) is 0 Å². The topological polar surface area (TPSA) is 0 Å². The van der Waals surface area contributed by atoms with Gasteiger partial charge in [-0.15, -0.1) is 0 Å². The van der Waals surface area contributed by atoms with Crippen LogP contribution < -0.4 is 17.0 Å². The number of nitrogens with zero attached hydrogens (tertiary/aromatic N) is 1. The molecule has 0 heterocycles. The van der Waals surface area contributed by atoms with Crippen LogP contribution in [0.2, 0.25) is 0 Å². The largest absolute Gasteiger partial charge is 1.00 e. The highest BCUT2D eigenvalue weighted by atomic mass is 79.9. The lowest BCUT2D eigenvalue weighted by Crippen LogP contribution is -3.00. The fraction of sp³-hybridized carbons (Fsp3) is 1.00. The summed E-state index contributed by atoms with van der Waals surface area (Å²) in [6, 6.07) is 0. The van der Waals surface area contributed by atoms with E-state index in [0.29, 0.717) is 6.42 Å². The zero-order valence-electron chi connectivity index (χ0n) is 13.2. The number of halogens is 4. The molecule has 0 aliphatic carbocycles. The summed E-state index contributed by atoms with van der Waals surface area (Å²) in [4.78, 5) is 0. The fourth-order valence-electron chi connectivity index (χ4n) is 2.15. The minimum atomic E-state index is -3.97. The lowest BCUT2D eigenvalue weighted by Gasteiger charge is -2.23. The van der Waals surface area contributed by atoms with Crippen molar-refractivity contribution < 1.29 is 34.6 Å². The molecule has 0 aliphatic heterocycles. The van der Waals surface area contributed by atoms with Crippen molar-refractivity contribution in [2.75, 3.05) is 27.7 Å². The van der Waals surface area contributed by atoms with Crippen molar-refractivity contribution in [1.82, 2.24) is 0 Å². The molecule has 0 rings (SSSR count). The smallest absolute Gasteiger partial charge is 0.389 e. The van der Waals surface area contributed by atoms with Gasteiger partial charge in [0.1, 0.15) is 0 Å². The van der Waals surface area contributed by atoms with Crippen LogP contribution in [0.25, 0.3) is 0 Å². The first kappa shape index (κ1) is 22.5. The highest BCUT2D eigenvalue weighted by Gasteiger charge is 2.25. The molecule has 5 heteroatoms. The van der Waals surface area contributed by atoms with Crippen molar-refractivity contribution in [1.29, 1.82) is 0 Å². The average molecular weight is 362 g/mol. The third-order valence-corrected chi connectivity index (χ3v) is 3.29. The predicted molar refractivity (Wildman–Crippen MR) is 75.1 cm³/mol. The van der Waals surface area contributed by atoms with E-state index in [-0.39, 0.29) is 17.0 Å². The number of quaternary nitrogens is 1. The Kier molecular flexibility index (Phi) is 13.3. The molecular weight excluding hydrogens is 331 g/mol. The van der Waals surface area contributed by atoms with Crippen molar-refractivity contribution in [3.8, 4) is 0 Å². The normalized spacial score (nSPS) is 12.3. The summed E-state index contributed by atoms with van der Waals surface area (Å²) in [5.74, 6) is 0. The molecule has 0 spiro atoms. The highest BCUT2D eigenvalue weighted by Crippen LogP contribution is 2.23. The summed E-state index contributed by atoms with van der Waals surface area (Å²) in [7, 11) is 6.63. The van der Waals surface area contributed by atoms with Crippen LogP contribution in [-0.2, 0) is 0 Å². The SMILES string of the molecule is C[N+](C)(C)CCCCCCCCCCCC(F)(F)F.[Br-]. The van der Waals surface area contributed by atoms with E-state index in [4.69, 9.17) is 0 Å². The Hall–Kier alpha value is 0.230. The minimum Gasteiger partial charge on any atom is -1.00 e. The molecule has 0 bridgehead atoms. The van der Waals surface area contributed by atoms with Crippen molar-refractivity contribution in [3.63, 3.8) is 0 Å². The molecule has 0 fully saturated rings. The Morgan fingerprint density at radius 3 is 1.35 bits per heavy atom. The van der Waals surface area contributed by atoms with E-state index >= 15 is 0 Å². The van der Waals surface area contributed by atoms with Crippen molar-refractivity contribution in [2.45, 2.75) is 70.4 Å². The first-order chi connectivity index (χ1) is 8.71. The van der Waals surface area contributed by atoms with Crippen molar-refractivity contribution in [3.05, 3.63) is 0 Å². The van der Waals surface area contributed by atoms with Crippen LogP contribution >= 0.6 is 0 Å². The molecule has 124 valence electrons. The van der Waals surface area contributed by atoms with Gasteiger partial charge in [0.2, 0.25) is 0 Å². The Balaban J connectivity index is 0. The second kappa shape index (κ2) is 11.8. The summed E-state index contributed by atoms with van der Waals surface area (Å²) in [5, 5.41) is 0. The molecule has 0 amide bonds.